The molecule has 0 radical (unpaired) electrons. The second-order valence-electron chi connectivity index (χ2n) is 4.15. The van der Waals surface area contributed by atoms with E-state index in [0.29, 0.717) is 37.6 Å². The van der Waals surface area contributed by atoms with Crippen LogP contribution in [0, 0.1) is 0 Å². The van der Waals surface area contributed by atoms with Gasteiger partial charge in [0.25, 0.3) is 5.91 Å². The van der Waals surface area contributed by atoms with Gasteiger partial charge < -0.3 is 20.5 Å². The number of amides is 1. The molecule has 0 saturated carbocycles. The molecule has 1 aliphatic rings. The quantitative estimate of drug-likeness (QED) is 0.747. The molecule has 2 rings (SSSR count). The van der Waals surface area contributed by atoms with E-state index in [2.05, 4.69) is 4.98 Å². The fourth-order valence-electron chi connectivity index (χ4n) is 1.96. The minimum absolute atomic E-state index is 0.0967. The normalized spacial score (nSPS) is 19.9. The predicted octanol–water partition coefficient (Wildman–Crippen LogP) is -0.626. The van der Waals surface area contributed by atoms with Crippen molar-refractivity contribution in [1.29, 1.82) is 0 Å². The number of nitrogens with two attached hydrogens (primary N) is 1. The third-order valence-electron chi connectivity index (χ3n) is 2.97. The Morgan fingerprint density at radius 3 is 3.22 bits per heavy atom. The standard InChI is InChI=1S/C12H17N3O3/c13-6-10-5-9(1-2-14-10)12(17)15-3-4-18-8-11(15)7-16/h1-2,5,11,16H,3-4,6-8,13H2. The monoisotopic (exact) mass is 251 g/mol. The molecule has 1 aromatic heterocycles. The molecule has 0 bridgehead atoms. The van der Waals surface area contributed by atoms with E-state index in [-0.39, 0.29) is 18.6 Å². The maximum atomic E-state index is 12.3. The third kappa shape index (κ3) is 2.66. The van der Waals surface area contributed by atoms with Gasteiger partial charge in [0.2, 0.25) is 0 Å². The van der Waals surface area contributed by atoms with E-state index < -0.39 is 0 Å². The Balaban J connectivity index is 2.18. The molecule has 1 aliphatic heterocycles. The zero-order valence-corrected chi connectivity index (χ0v) is 10.1. The minimum Gasteiger partial charge on any atom is -0.394 e. The average Bonchev–Trinajstić information content (AvgIpc) is 2.46. The Morgan fingerprint density at radius 2 is 2.50 bits per heavy atom. The van der Waals surface area contributed by atoms with Crippen LogP contribution in [0.4, 0.5) is 0 Å². The molecule has 1 amide bonds. The molecule has 3 N–H and O–H groups in total. The fourth-order valence-corrected chi connectivity index (χ4v) is 1.96. The SMILES string of the molecule is NCc1cc(C(=O)N2CCOCC2CO)ccn1. The van der Waals surface area contributed by atoms with Crippen LogP contribution in [-0.4, -0.2) is 53.3 Å². The summed E-state index contributed by atoms with van der Waals surface area (Å²) in [7, 11) is 0. The molecule has 6 heteroatoms. The molecule has 1 unspecified atom stereocenters. The topological polar surface area (TPSA) is 88.7 Å². The van der Waals surface area contributed by atoms with Crippen LogP contribution in [0.3, 0.4) is 0 Å². The first-order chi connectivity index (χ1) is 8.76. The van der Waals surface area contributed by atoms with Crippen molar-refractivity contribution in [2.24, 2.45) is 5.73 Å². The summed E-state index contributed by atoms with van der Waals surface area (Å²) in [5, 5.41) is 9.25. The lowest BCUT2D eigenvalue weighted by Crippen LogP contribution is -2.50. The van der Waals surface area contributed by atoms with E-state index in [1.807, 2.05) is 0 Å². The molecule has 2 heterocycles. The maximum Gasteiger partial charge on any atom is 0.254 e. The Bertz CT molecular complexity index is 425. The number of hydrogen-bond acceptors (Lipinski definition) is 5. The molecule has 1 aromatic rings. The number of rotatable bonds is 3. The highest BCUT2D eigenvalue weighted by Gasteiger charge is 2.27. The van der Waals surface area contributed by atoms with Crippen molar-refractivity contribution >= 4 is 5.91 Å². The minimum atomic E-state index is -0.277. The highest BCUT2D eigenvalue weighted by atomic mass is 16.5. The Labute approximate surface area is 105 Å². The Morgan fingerprint density at radius 1 is 1.67 bits per heavy atom. The second-order valence-corrected chi connectivity index (χ2v) is 4.15. The summed E-state index contributed by atoms with van der Waals surface area (Å²) in [5.74, 6) is -0.116. The van der Waals surface area contributed by atoms with E-state index in [1.54, 1.807) is 23.2 Å². The van der Waals surface area contributed by atoms with E-state index in [1.165, 1.54) is 0 Å². The van der Waals surface area contributed by atoms with Gasteiger partial charge >= 0.3 is 0 Å². The van der Waals surface area contributed by atoms with Gasteiger partial charge in [-0.25, -0.2) is 0 Å². The van der Waals surface area contributed by atoms with Crippen molar-refractivity contribution in [2.75, 3.05) is 26.4 Å². The molecule has 1 atom stereocenters. The van der Waals surface area contributed by atoms with E-state index in [9.17, 15) is 9.90 Å². The lowest BCUT2D eigenvalue weighted by Gasteiger charge is -2.34. The van der Waals surface area contributed by atoms with Crippen LogP contribution in [0.5, 0.6) is 0 Å². The highest BCUT2D eigenvalue weighted by Crippen LogP contribution is 2.12. The van der Waals surface area contributed by atoms with Crippen molar-refractivity contribution in [3.63, 3.8) is 0 Å². The van der Waals surface area contributed by atoms with E-state index in [0.717, 1.165) is 0 Å². The largest absolute Gasteiger partial charge is 0.394 e. The number of aliphatic hydroxyl groups is 1. The van der Waals surface area contributed by atoms with Crippen LogP contribution in [0.25, 0.3) is 0 Å². The first-order valence-corrected chi connectivity index (χ1v) is 5.91. The van der Waals surface area contributed by atoms with Crippen molar-refractivity contribution in [3.8, 4) is 0 Å². The van der Waals surface area contributed by atoms with Crippen molar-refractivity contribution in [1.82, 2.24) is 9.88 Å². The fraction of sp³-hybridized carbons (Fsp3) is 0.500. The summed E-state index contributed by atoms with van der Waals surface area (Å²) in [4.78, 5) is 18.0. The maximum absolute atomic E-state index is 12.3. The summed E-state index contributed by atoms with van der Waals surface area (Å²) in [6.45, 7) is 1.56. The highest BCUT2D eigenvalue weighted by molar-refractivity contribution is 5.94. The van der Waals surface area contributed by atoms with Gasteiger partial charge in [-0.1, -0.05) is 0 Å². The van der Waals surface area contributed by atoms with Crippen LogP contribution in [0.1, 0.15) is 16.1 Å². The van der Waals surface area contributed by atoms with Gasteiger partial charge in [-0.15, -0.1) is 0 Å². The molecule has 0 aliphatic carbocycles. The van der Waals surface area contributed by atoms with E-state index >= 15 is 0 Å². The van der Waals surface area contributed by atoms with Crippen LogP contribution in [0.15, 0.2) is 18.3 Å². The van der Waals surface area contributed by atoms with Crippen molar-refractivity contribution in [2.45, 2.75) is 12.6 Å². The second kappa shape index (κ2) is 5.90. The summed E-state index contributed by atoms with van der Waals surface area (Å²) >= 11 is 0. The molecular weight excluding hydrogens is 234 g/mol. The molecule has 0 aromatic carbocycles. The van der Waals surface area contributed by atoms with Crippen LogP contribution < -0.4 is 5.73 Å². The number of nitrogens with zero attached hydrogens (tertiary/aromatic N) is 2. The first-order valence-electron chi connectivity index (χ1n) is 5.91. The zero-order valence-electron chi connectivity index (χ0n) is 10.1. The number of carbonyl (C=O) groups excluding carboxylic acids is 1. The van der Waals surface area contributed by atoms with Gasteiger partial charge in [0.15, 0.2) is 0 Å². The van der Waals surface area contributed by atoms with Gasteiger partial charge in [-0.2, -0.15) is 0 Å². The molecule has 0 spiro atoms. The summed E-state index contributed by atoms with van der Waals surface area (Å²) < 4.78 is 5.25. The zero-order chi connectivity index (χ0) is 13.0. The summed E-state index contributed by atoms with van der Waals surface area (Å²) in [6.07, 6.45) is 1.57. The number of hydrogen-bond donors (Lipinski definition) is 2. The predicted molar refractivity (Wildman–Crippen MR) is 64.9 cm³/mol. The number of aromatic nitrogens is 1. The number of pyridine rings is 1. The van der Waals surface area contributed by atoms with Gasteiger partial charge in [0.1, 0.15) is 0 Å². The number of morpholine rings is 1. The number of carbonyl (C=O) groups is 1. The summed E-state index contributed by atoms with van der Waals surface area (Å²) in [6, 6.07) is 3.07. The number of ether oxygens (including phenoxy) is 1. The van der Waals surface area contributed by atoms with Gasteiger partial charge in [0.05, 0.1) is 31.6 Å². The molecule has 18 heavy (non-hydrogen) atoms. The van der Waals surface area contributed by atoms with Gasteiger partial charge in [-0.05, 0) is 12.1 Å². The summed E-state index contributed by atoms with van der Waals surface area (Å²) in [5.41, 5.74) is 6.73. The van der Waals surface area contributed by atoms with Gasteiger partial charge in [0, 0.05) is 24.8 Å². The van der Waals surface area contributed by atoms with Crippen molar-refractivity contribution in [3.05, 3.63) is 29.6 Å². The van der Waals surface area contributed by atoms with Crippen LogP contribution in [-0.2, 0) is 11.3 Å². The lowest BCUT2D eigenvalue weighted by atomic mass is 10.1. The lowest BCUT2D eigenvalue weighted by molar-refractivity contribution is -0.0184. The molecule has 1 fully saturated rings. The van der Waals surface area contributed by atoms with Crippen LogP contribution >= 0.6 is 0 Å². The molecule has 98 valence electrons. The molecular formula is C12H17N3O3. The third-order valence-corrected chi connectivity index (χ3v) is 2.97. The first kappa shape index (κ1) is 12.9. The van der Waals surface area contributed by atoms with Crippen LogP contribution in [0.2, 0.25) is 0 Å². The number of aliphatic hydroxyl groups excluding tert-OH is 1. The molecule has 1 saturated heterocycles. The van der Waals surface area contributed by atoms with E-state index in [4.69, 9.17) is 10.5 Å². The van der Waals surface area contributed by atoms with Crippen molar-refractivity contribution < 1.29 is 14.6 Å². The molecule has 6 nitrogen and oxygen atoms in total. The average molecular weight is 251 g/mol. The Kier molecular flexibility index (Phi) is 4.24. The smallest absolute Gasteiger partial charge is 0.254 e. The van der Waals surface area contributed by atoms with Gasteiger partial charge in [-0.3, -0.25) is 9.78 Å². The Hall–Kier alpha value is -1.50.